The SMILES string of the molecule is CCN(CC)C(=O)/C(Cl)=C(/C)OP(=O)(OC)OC.CCN(CC)C(=O)/C(Cl)=C(\C)OP(=O)(OC)OC. The Morgan fingerprint density at radius 3 is 1.00 bits per heavy atom. The van der Waals surface area contributed by atoms with E-state index in [-0.39, 0.29) is 21.6 Å². The predicted molar refractivity (Wildman–Crippen MR) is 138 cm³/mol. The molecule has 0 saturated heterocycles. The summed E-state index contributed by atoms with van der Waals surface area (Å²) < 4.78 is 51.7. The van der Waals surface area contributed by atoms with Crippen LogP contribution < -0.4 is 0 Å². The van der Waals surface area contributed by atoms with Crippen molar-refractivity contribution < 1.29 is 45.9 Å². The molecule has 0 fully saturated rings. The van der Waals surface area contributed by atoms with Crippen LogP contribution in [0.4, 0.5) is 0 Å². The Labute approximate surface area is 224 Å². The highest BCUT2D eigenvalue weighted by Gasteiger charge is 2.28. The van der Waals surface area contributed by atoms with E-state index in [1.165, 1.54) is 52.1 Å². The molecule has 0 rings (SSSR count). The molecule has 0 spiro atoms. The first-order chi connectivity index (χ1) is 16.7. The summed E-state index contributed by atoms with van der Waals surface area (Å²) in [6.07, 6.45) is 0. The van der Waals surface area contributed by atoms with Gasteiger partial charge in [0.05, 0.1) is 0 Å². The topological polar surface area (TPSA) is 130 Å². The summed E-state index contributed by atoms with van der Waals surface area (Å²) in [5.41, 5.74) is 0. The van der Waals surface area contributed by atoms with Crippen LogP contribution in [0, 0.1) is 0 Å². The van der Waals surface area contributed by atoms with Crippen LogP contribution >= 0.6 is 38.8 Å². The second kappa shape index (κ2) is 18.2. The molecule has 212 valence electrons. The predicted octanol–water partition coefficient (Wildman–Crippen LogP) is 5.49. The summed E-state index contributed by atoms with van der Waals surface area (Å²) in [6, 6.07) is 0. The zero-order valence-electron chi connectivity index (χ0n) is 22.5. The lowest BCUT2D eigenvalue weighted by Crippen LogP contribution is -2.31. The highest BCUT2D eigenvalue weighted by Crippen LogP contribution is 2.51. The van der Waals surface area contributed by atoms with Crippen molar-refractivity contribution >= 4 is 50.7 Å². The quantitative estimate of drug-likeness (QED) is 0.144. The van der Waals surface area contributed by atoms with Gasteiger partial charge in [-0.2, -0.15) is 0 Å². The van der Waals surface area contributed by atoms with Crippen LogP contribution in [0.25, 0.3) is 0 Å². The zero-order chi connectivity index (χ0) is 28.7. The first kappa shape index (κ1) is 37.1. The summed E-state index contributed by atoms with van der Waals surface area (Å²) in [5.74, 6) is -0.781. The first-order valence-corrected chi connectivity index (χ1v) is 14.5. The van der Waals surface area contributed by atoms with Crippen LogP contribution in [-0.4, -0.2) is 76.2 Å². The minimum atomic E-state index is -3.69. The van der Waals surface area contributed by atoms with Crippen molar-refractivity contribution in [2.45, 2.75) is 41.5 Å². The van der Waals surface area contributed by atoms with Gasteiger partial charge in [0, 0.05) is 54.6 Å². The summed E-state index contributed by atoms with van der Waals surface area (Å²) in [4.78, 5) is 26.8. The van der Waals surface area contributed by atoms with Gasteiger partial charge in [0.15, 0.2) is 0 Å². The zero-order valence-corrected chi connectivity index (χ0v) is 25.8. The number of carbonyl (C=O) groups excluding carboxylic acids is 2. The molecule has 0 saturated carbocycles. The molecule has 0 unspecified atom stereocenters. The van der Waals surface area contributed by atoms with E-state index in [0.717, 1.165) is 0 Å². The van der Waals surface area contributed by atoms with Gasteiger partial charge in [-0.15, -0.1) is 0 Å². The number of amides is 2. The molecule has 16 heteroatoms. The third kappa shape index (κ3) is 12.0. The number of hydrogen-bond acceptors (Lipinski definition) is 10. The number of carbonyl (C=O) groups is 2. The number of phosphoric ester groups is 2. The third-order valence-corrected chi connectivity index (χ3v) is 8.13. The molecule has 0 atom stereocenters. The van der Waals surface area contributed by atoms with Gasteiger partial charge in [-0.25, -0.2) is 9.13 Å². The molecule has 0 aromatic rings. The third-order valence-electron chi connectivity index (χ3n) is 4.49. The van der Waals surface area contributed by atoms with Gasteiger partial charge >= 0.3 is 15.6 Å². The lowest BCUT2D eigenvalue weighted by Gasteiger charge is -2.20. The summed E-state index contributed by atoms with van der Waals surface area (Å²) in [5, 5.41) is -0.291. The van der Waals surface area contributed by atoms with Gasteiger partial charge in [-0.3, -0.25) is 27.7 Å². The Morgan fingerprint density at radius 1 is 0.611 bits per heavy atom. The van der Waals surface area contributed by atoms with E-state index in [2.05, 4.69) is 18.1 Å². The van der Waals surface area contributed by atoms with Crippen molar-refractivity contribution in [3.05, 3.63) is 21.6 Å². The average Bonchev–Trinajstić information content (AvgIpc) is 2.88. The van der Waals surface area contributed by atoms with Gasteiger partial charge in [0.25, 0.3) is 11.8 Å². The summed E-state index contributed by atoms with van der Waals surface area (Å²) >= 11 is 11.8. The molecule has 0 heterocycles. The van der Waals surface area contributed by atoms with E-state index in [9.17, 15) is 18.7 Å². The number of nitrogens with zero attached hydrogens (tertiary/aromatic N) is 2. The molecule has 2 amide bonds. The molecule has 0 bridgehead atoms. The molecule has 0 aliphatic rings. The van der Waals surface area contributed by atoms with Crippen molar-refractivity contribution in [1.29, 1.82) is 0 Å². The second-order valence-electron chi connectivity index (χ2n) is 6.50. The van der Waals surface area contributed by atoms with E-state index < -0.39 is 27.5 Å². The fraction of sp³-hybridized carbons (Fsp3) is 0.700. The molecule has 0 aromatic heterocycles. The molecule has 0 aliphatic carbocycles. The average molecular weight is 599 g/mol. The molecule has 0 aromatic carbocycles. The molecule has 12 nitrogen and oxygen atoms in total. The van der Waals surface area contributed by atoms with E-state index >= 15 is 0 Å². The standard InChI is InChI=1S/2C10H19ClNO5P/c2*1-6-12(7-2)10(13)9(11)8(3)17-18(14,15-4)16-5/h2*6-7H2,1-5H3/b9-8+;9-8-. The van der Waals surface area contributed by atoms with Crippen LogP contribution in [0.5, 0.6) is 0 Å². The number of hydrogen-bond donors (Lipinski definition) is 0. The maximum absolute atomic E-state index is 11.9. The van der Waals surface area contributed by atoms with Crippen LogP contribution in [0.15, 0.2) is 21.6 Å². The van der Waals surface area contributed by atoms with Gasteiger partial charge in [-0.05, 0) is 41.5 Å². The van der Waals surface area contributed by atoms with E-state index in [1.807, 2.05) is 27.7 Å². The lowest BCUT2D eigenvalue weighted by atomic mass is 10.4. The molecule has 0 aliphatic heterocycles. The molecular formula is C20H38Cl2N2O10P2. The lowest BCUT2D eigenvalue weighted by molar-refractivity contribution is -0.127. The summed E-state index contributed by atoms with van der Waals surface area (Å²) in [6.45, 7) is 12.2. The van der Waals surface area contributed by atoms with E-state index in [1.54, 1.807) is 0 Å². The normalized spacial score (nSPS) is 13.0. The molecule has 36 heavy (non-hydrogen) atoms. The number of phosphoric acid groups is 2. The minimum absolute atomic E-state index is 0.000556. The molecule has 0 N–H and O–H groups in total. The highest BCUT2D eigenvalue weighted by molar-refractivity contribution is 7.48. The molecule has 0 radical (unpaired) electrons. The Bertz CT molecular complexity index is 789. The Balaban J connectivity index is 0. The largest absolute Gasteiger partial charge is 0.529 e. The van der Waals surface area contributed by atoms with Crippen molar-refractivity contribution in [3.63, 3.8) is 0 Å². The van der Waals surface area contributed by atoms with E-state index in [0.29, 0.717) is 26.2 Å². The smallest absolute Gasteiger partial charge is 0.407 e. The Hall–Kier alpha value is -1.10. The van der Waals surface area contributed by atoms with Crippen LogP contribution in [0.3, 0.4) is 0 Å². The van der Waals surface area contributed by atoms with Gasteiger partial charge in [0.2, 0.25) is 0 Å². The van der Waals surface area contributed by atoms with E-state index in [4.69, 9.17) is 32.2 Å². The van der Waals surface area contributed by atoms with Crippen LogP contribution in [0.1, 0.15) is 41.5 Å². The van der Waals surface area contributed by atoms with Crippen molar-refractivity contribution in [1.82, 2.24) is 9.80 Å². The maximum Gasteiger partial charge on any atom is 0.529 e. The van der Waals surface area contributed by atoms with Crippen molar-refractivity contribution in [2.75, 3.05) is 54.6 Å². The second-order valence-corrected chi connectivity index (χ2v) is 10.9. The van der Waals surface area contributed by atoms with Gasteiger partial charge in [-0.1, -0.05) is 23.2 Å². The number of allylic oxidation sites excluding steroid dienone is 2. The fourth-order valence-electron chi connectivity index (χ4n) is 2.31. The summed E-state index contributed by atoms with van der Waals surface area (Å²) in [7, 11) is -2.67. The van der Waals surface area contributed by atoms with Crippen molar-refractivity contribution in [3.8, 4) is 0 Å². The van der Waals surface area contributed by atoms with Crippen LogP contribution in [0.2, 0.25) is 0 Å². The van der Waals surface area contributed by atoms with Gasteiger partial charge < -0.3 is 18.8 Å². The van der Waals surface area contributed by atoms with Crippen LogP contribution in [-0.2, 0) is 45.9 Å². The number of rotatable bonds is 14. The Kier molecular flexibility index (Phi) is 18.7. The monoisotopic (exact) mass is 598 g/mol. The van der Waals surface area contributed by atoms with Gasteiger partial charge in [0.1, 0.15) is 21.6 Å². The maximum atomic E-state index is 11.9. The number of halogens is 2. The molecular weight excluding hydrogens is 561 g/mol. The van der Waals surface area contributed by atoms with Crippen molar-refractivity contribution in [2.24, 2.45) is 0 Å². The Morgan fingerprint density at radius 2 is 0.833 bits per heavy atom. The number of likely N-dealkylation sites (N-methyl/N-ethyl adjacent to an activating group) is 2. The highest BCUT2D eigenvalue weighted by atomic mass is 35.5. The minimum Gasteiger partial charge on any atom is -0.407 e. The first-order valence-electron chi connectivity index (χ1n) is 10.8. The fourth-order valence-corrected chi connectivity index (χ4v) is 4.19.